The molecular weight excluding hydrogens is 347 g/mol. The first kappa shape index (κ1) is 18.5. The number of halogens is 1. The predicted octanol–water partition coefficient (Wildman–Crippen LogP) is 3.16. The summed E-state index contributed by atoms with van der Waals surface area (Å²) >= 11 is 0. The van der Waals surface area contributed by atoms with Gasteiger partial charge in [-0.2, -0.15) is 0 Å². The molecule has 3 rings (SSSR count). The lowest BCUT2D eigenvalue weighted by Gasteiger charge is -2.10. The molecule has 0 aliphatic heterocycles. The molecule has 0 atom stereocenters. The van der Waals surface area contributed by atoms with E-state index in [-0.39, 0.29) is 17.8 Å². The lowest BCUT2D eigenvalue weighted by atomic mass is 9.99. The lowest BCUT2D eigenvalue weighted by Crippen LogP contribution is -2.26. The van der Waals surface area contributed by atoms with Crippen molar-refractivity contribution in [3.63, 3.8) is 0 Å². The Kier molecular flexibility index (Phi) is 5.78. The predicted molar refractivity (Wildman–Crippen MR) is 101 cm³/mol. The monoisotopic (exact) mass is 366 g/mol. The van der Waals surface area contributed by atoms with Crippen molar-refractivity contribution in [2.45, 2.75) is 18.9 Å². The Labute approximate surface area is 156 Å². The fourth-order valence-electron chi connectivity index (χ4n) is 2.52. The molecule has 27 heavy (non-hydrogen) atoms. The van der Waals surface area contributed by atoms with Crippen LogP contribution in [0, 0.1) is 5.82 Å². The highest BCUT2D eigenvalue weighted by Gasteiger charge is 2.25. The van der Waals surface area contributed by atoms with Gasteiger partial charge in [0.15, 0.2) is 0 Å². The highest BCUT2D eigenvalue weighted by atomic mass is 19.1. The van der Waals surface area contributed by atoms with Gasteiger partial charge in [-0.05, 0) is 59.9 Å². The summed E-state index contributed by atoms with van der Waals surface area (Å²) in [5.41, 5.74) is 4.05. The molecular formula is C21H19FN2O3. The molecule has 0 heterocycles. The third kappa shape index (κ3) is 5.36. The average molecular weight is 366 g/mol. The van der Waals surface area contributed by atoms with Crippen LogP contribution in [-0.2, 0) is 9.59 Å². The van der Waals surface area contributed by atoms with Crippen LogP contribution in [0.3, 0.4) is 0 Å². The number of carbonyl (C=O) groups excluding carboxylic acids is 2. The molecule has 2 amide bonds. The lowest BCUT2D eigenvalue weighted by molar-refractivity contribution is -0.124. The van der Waals surface area contributed by atoms with Gasteiger partial charge >= 0.3 is 0 Å². The first-order valence-corrected chi connectivity index (χ1v) is 8.56. The van der Waals surface area contributed by atoms with E-state index in [0.29, 0.717) is 22.3 Å². The second-order valence-electron chi connectivity index (χ2n) is 6.29. The zero-order chi connectivity index (χ0) is 19.2. The summed E-state index contributed by atoms with van der Waals surface area (Å²) in [4.78, 5) is 23.9. The number of hydroxylamine groups is 1. The quantitative estimate of drug-likeness (QED) is 0.318. The van der Waals surface area contributed by atoms with Crippen LogP contribution in [0.4, 0.5) is 4.39 Å². The van der Waals surface area contributed by atoms with Gasteiger partial charge < -0.3 is 5.32 Å². The standard InChI is InChI=1S/C21H19FN2O3/c22-17-7-4-15(5-8-17)13-19(21(26)23-18-9-10-18)16-3-1-2-14(12-16)6-11-20(25)24-27/h1-8,11-13,18,27H,9-10H2,(H,23,26)(H,24,25). The molecule has 0 unspecified atom stereocenters. The van der Waals surface area contributed by atoms with Crippen molar-refractivity contribution in [3.8, 4) is 0 Å². The number of amides is 2. The second-order valence-corrected chi connectivity index (χ2v) is 6.29. The third-order valence-corrected chi connectivity index (χ3v) is 4.07. The Hall–Kier alpha value is -3.25. The van der Waals surface area contributed by atoms with Crippen LogP contribution < -0.4 is 10.8 Å². The van der Waals surface area contributed by atoms with Crippen LogP contribution in [0.25, 0.3) is 17.7 Å². The Morgan fingerprint density at radius 1 is 1.07 bits per heavy atom. The molecule has 0 spiro atoms. The van der Waals surface area contributed by atoms with Crippen molar-refractivity contribution < 1.29 is 19.2 Å². The van der Waals surface area contributed by atoms with Crippen LogP contribution in [0.15, 0.2) is 54.6 Å². The van der Waals surface area contributed by atoms with Crippen molar-refractivity contribution in [1.82, 2.24) is 10.8 Å². The van der Waals surface area contributed by atoms with E-state index in [1.54, 1.807) is 42.5 Å². The number of hydrogen-bond acceptors (Lipinski definition) is 3. The molecule has 1 saturated carbocycles. The zero-order valence-electron chi connectivity index (χ0n) is 14.5. The van der Waals surface area contributed by atoms with Crippen molar-refractivity contribution in [2.24, 2.45) is 0 Å². The van der Waals surface area contributed by atoms with Crippen molar-refractivity contribution in [2.75, 3.05) is 0 Å². The van der Waals surface area contributed by atoms with E-state index in [2.05, 4.69) is 5.32 Å². The number of benzene rings is 2. The van der Waals surface area contributed by atoms with Gasteiger partial charge in [-0.25, -0.2) is 9.87 Å². The van der Waals surface area contributed by atoms with E-state index in [4.69, 9.17) is 5.21 Å². The molecule has 0 saturated heterocycles. The fourth-order valence-corrected chi connectivity index (χ4v) is 2.52. The fraction of sp³-hybridized carbons (Fsp3) is 0.143. The SMILES string of the molecule is O=C(C=Cc1cccc(C(=Cc2ccc(F)cc2)C(=O)NC2CC2)c1)NO. The number of nitrogens with one attached hydrogen (secondary N) is 2. The molecule has 1 aliphatic carbocycles. The molecule has 5 nitrogen and oxygen atoms in total. The summed E-state index contributed by atoms with van der Waals surface area (Å²) in [5.74, 6) is -1.18. The van der Waals surface area contributed by atoms with E-state index >= 15 is 0 Å². The minimum atomic E-state index is -0.644. The number of rotatable bonds is 6. The first-order chi connectivity index (χ1) is 13.0. The molecule has 3 N–H and O–H groups in total. The second kappa shape index (κ2) is 8.42. The zero-order valence-corrected chi connectivity index (χ0v) is 14.5. The van der Waals surface area contributed by atoms with Gasteiger partial charge in [-0.1, -0.05) is 30.3 Å². The van der Waals surface area contributed by atoms with E-state index < -0.39 is 5.91 Å². The maximum atomic E-state index is 13.2. The molecule has 2 aromatic carbocycles. The van der Waals surface area contributed by atoms with Gasteiger partial charge in [0.1, 0.15) is 5.82 Å². The Bertz CT molecular complexity index is 900. The van der Waals surface area contributed by atoms with Gasteiger partial charge in [0.2, 0.25) is 0 Å². The van der Waals surface area contributed by atoms with Crippen LogP contribution in [-0.4, -0.2) is 23.1 Å². The Balaban J connectivity index is 1.94. The highest BCUT2D eigenvalue weighted by molar-refractivity contribution is 6.24. The normalized spacial score (nSPS) is 14.2. The molecule has 2 aromatic rings. The highest BCUT2D eigenvalue weighted by Crippen LogP contribution is 2.24. The van der Waals surface area contributed by atoms with Gasteiger partial charge in [0, 0.05) is 17.7 Å². The van der Waals surface area contributed by atoms with E-state index in [1.165, 1.54) is 29.8 Å². The summed E-state index contributed by atoms with van der Waals surface area (Å²) in [6.45, 7) is 0. The van der Waals surface area contributed by atoms with Gasteiger partial charge in [0.05, 0.1) is 0 Å². The van der Waals surface area contributed by atoms with Gasteiger partial charge in [-0.15, -0.1) is 0 Å². The average Bonchev–Trinajstić information content (AvgIpc) is 3.49. The summed E-state index contributed by atoms with van der Waals surface area (Å²) in [6.07, 6.45) is 6.36. The molecule has 1 fully saturated rings. The van der Waals surface area contributed by atoms with Crippen LogP contribution in [0.5, 0.6) is 0 Å². The third-order valence-electron chi connectivity index (χ3n) is 4.07. The maximum absolute atomic E-state index is 13.2. The maximum Gasteiger partial charge on any atom is 0.267 e. The minimum absolute atomic E-state index is 0.198. The largest absolute Gasteiger partial charge is 0.349 e. The molecule has 6 heteroatoms. The number of carbonyl (C=O) groups is 2. The van der Waals surface area contributed by atoms with E-state index in [1.807, 2.05) is 0 Å². The van der Waals surface area contributed by atoms with Gasteiger partial charge in [-0.3, -0.25) is 14.8 Å². The molecule has 1 aliphatic rings. The number of hydrogen-bond donors (Lipinski definition) is 3. The van der Waals surface area contributed by atoms with Crippen LogP contribution in [0.2, 0.25) is 0 Å². The summed E-state index contributed by atoms with van der Waals surface area (Å²) < 4.78 is 13.2. The Morgan fingerprint density at radius 3 is 2.48 bits per heavy atom. The van der Waals surface area contributed by atoms with Crippen molar-refractivity contribution >= 4 is 29.5 Å². The van der Waals surface area contributed by atoms with Crippen molar-refractivity contribution in [3.05, 3.63) is 77.1 Å². The minimum Gasteiger partial charge on any atom is -0.349 e. The smallest absolute Gasteiger partial charge is 0.267 e. The van der Waals surface area contributed by atoms with E-state index in [9.17, 15) is 14.0 Å². The topological polar surface area (TPSA) is 78.4 Å². The molecule has 0 bridgehead atoms. The molecule has 0 radical (unpaired) electrons. The first-order valence-electron chi connectivity index (χ1n) is 8.56. The molecule has 0 aromatic heterocycles. The summed E-state index contributed by atoms with van der Waals surface area (Å²) in [5, 5.41) is 11.5. The van der Waals surface area contributed by atoms with Crippen LogP contribution in [0.1, 0.15) is 29.5 Å². The molecule has 138 valence electrons. The summed E-state index contributed by atoms with van der Waals surface area (Å²) in [6, 6.07) is 13.2. The van der Waals surface area contributed by atoms with Crippen LogP contribution >= 0.6 is 0 Å². The van der Waals surface area contributed by atoms with Crippen molar-refractivity contribution in [1.29, 1.82) is 0 Å². The van der Waals surface area contributed by atoms with Gasteiger partial charge in [0.25, 0.3) is 11.8 Å². The Morgan fingerprint density at radius 2 is 1.81 bits per heavy atom. The summed E-state index contributed by atoms with van der Waals surface area (Å²) in [7, 11) is 0. The van der Waals surface area contributed by atoms with E-state index in [0.717, 1.165) is 12.8 Å².